The minimum atomic E-state index is -3.31. The molecule has 2 aliphatic rings. The van der Waals surface area contributed by atoms with E-state index in [1.165, 1.54) is 19.1 Å². The Labute approximate surface area is 182 Å². The van der Waals surface area contributed by atoms with Gasteiger partial charge in [-0.2, -0.15) is 0 Å². The summed E-state index contributed by atoms with van der Waals surface area (Å²) >= 11 is 0. The summed E-state index contributed by atoms with van der Waals surface area (Å²) in [4.78, 5) is 12.3. The number of fused-ring (bicyclic) bond motifs is 3. The molecule has 0 bridgehead atoms. The van der Waals surface area contributed by atoms with E-state index in [-0.39, 0.29) is 10.9 Å². The Bertz CT molecular complexity index is 1250. The molecule has 0 saturated heterocycles. The molecule has 1 saturated carbocycles. The quantitative estimate of drug-likeness (QED) is 0.614. The van der Waals surface area contributed by atoms with Crippen LogP contribution >= 0.6 is 0 Å². The molecule has 0 unspecified atom stereocenters. The zero-order valence-electron chi connectivity index (χ0n) is 18.0. The van der Waals surface area contributed by atoms with Crippen molar-refractivity contribution in [3.63, 3.8) is 0 Å². The van der Waals surface area contributed by atoms with Crippen LogP contribution in [0.4, 0.5) is 5.82 Å². The van der Waals surface area contributed by atoms with E-state index in [9.17, 15) is 8.42 Å². The number of benzene rings is 1. The van der Waals surface area contributed by atoms with Gasteiger partial charge in [-0.3, -0.25) is 4.57 Å². The van der Waals surface area contributed by atoms with Gasteiger partial charge in [-0.15, -0.1) is 10.2 Å². The van der Waals surface area contributed by atoms with Crippen molar-refractivity contribution in [2.75, 3.05) is 11.2 Å². The normalized spacial score (nSPS) is 18.8. The van der Waals surface area contributed by atoms with Crippen LogP contribution in [0.2, 0.25) is 0 Å². The van der Waals surface area contributed by atoms with Crippen LogP contribution in [0.5, 0.6) is 0 Å². The highest BCUT2D eigenvalue weighted by Crippen LogP contribution is 2.43. The van der Waals surface area contributed by atoms with E-state index < -0.39 is 9.84 Å². The molecule has 1 aliphatic heterocycles. The molecule has 0 radical (unpaired) electrons. The smallest absolute Gasteiger partial charge is 0.175 e. The first kappa shape index (κ1) is 20.1. The van der Waals surface area contributed by atoms with Gasteiger partial charge in [-0.05, 0) is 38.3 Å². The van der Waals surface area contributed by atoms with Gasteiger partial charge in [0, 0.05) is 17.9 Å². The maximum Gasteiger partial charge on any atom is 0.175 e. The summed E-state index contributed by atoms with van der Waals surface area (Å²) in [5.74, 6) is 3.16. The molecule has 1 fully saturated rings. The van der Waals surface area contributed by atoms with E-state index in [0.717, 1.165) is 42.4 Å². The lowest BCUT2D eigenvalue weighted by atomic mass is 10.0. The van der Waals surface area contributed by atoms with Gasteiger partial charge in [0.1, 0.15) is 11.5 Å². The van der Waals surface area contributed by atoms with E-state index >= 15 is 0 Å². The van der Waals surface area contributed by atoms with Crippen molar-refractivity contribution >= 4 is 15.7 Å². The van der Waals surface area contributed by atoms with Crippen molar-refractivity contribution in [1.82, 2.24) is 24.7 Å². The monoisotopic (exact) mass is 438 g/mol. The Kier molecular flexibility index (Phi) is 4.80. The van der Waals surface area contributed by atoms with E-state index in [1.54, 1.807) is 18.2 Å². The Morgan fingerprint density at radius 3 is 2.65 bits per heavy atom. The van der Waals surface area contributed by atoms with Crippen molar-refractivity contribution in [1.29, 1.82) is 0 Å². The molecule has 3 aromatic rings. The summed E-state index contributed by atoms with van der Waals surface area (Å²) in [6.45, 7) is 4.12. The standard InChI is InChI=1S/C22H26N6O2S/c1-4-18-22-26-25-14(2)27(22)19-13-23-20(15-8-7-11-17(12-15)31(3,29)30)24-21(19)28(18)16-9-5-6-10-16/h7-8,11-13,16,18H,4-6,9-10H2,1-3H3/t18-/m1/s1. The molecular formula is C22H26N6O2S. The molecule has 3 heterocycles. The van der Waals surface area contributed by atoms with E-state index in [1.807, 2.05) is 19.2 Å². The highest BCUT2D eigenvalue weighted by molar-refractivity contribution is 7.90. The van der Waals surface area contributed by atoms with Crippen molar-refractivity contribution < 1.29 is 8.42 Å². The zero-order chi connectivity index (χ0) is 21.8. The second-order valence-electron chi connectivity index (χ2n) is 8.41. The third-order valence-electron chi connectivity index (χ3n) is 6.34. The van der Waals surface area contributed by atoms with Gasteiger partial charge in [-0.25, -0.2) is 18.4 Å². The van der Waals surface area contributed by atoms with Gasteiger partial charge in [0.2, 0.25) is 0 Å². The van der Waals surface area contributed by atoms with E-state index in [2.05, 4.69) is 31.6 Å². The molecule has 0 amide bonds. The summed E-state index contributed by atoms with van der Waals surface area (Å²) in [6, 6.07) is 7.34. The van der Waals surface area contributed by atoms with E-state index in [4.69, 9.17) is 4.98 Å². The Balaban J connectivity index is 1.70. The van der Waals surface area contributed by atoms with Crippen LogP contribution in [0.15, 0.2) is 35.4 Å². The van der Waals surface area contributed by atoms with Crippen LogP contribution in [0.1, 0.15) is 56.7 Å². The van der Waals surface area contributed by atoms with Crippen molar-refractivity contribution in [2.45, 2.75) is 62.9 Å². The first-order chi connectivity index (χ1) is 14.9. The average Bonchev–Trinajstić information content (AvgIpc) is 3.42. The fraction of sp³-hybridized carbons (Fsp3) is 0.455. The first-order valence-corrected chi connectivity index (χ1v) is 12.7. The van der Waals surface area contributed by atoms with Gasteiger partial charge >= 0.3 is 0 Å². The van der Waals surface area contributed by atoms with Crippen molar-refractivity contribution in [2.24, 2.45) is 0 Å². The SMILES string of the molecule is CC[C@@H]1c2nnc(C)n2-c2cnc(-c3cccc(S(C)(=O)=O)c3)nc2N1C1CCCC1. The lowest BCUT2D eigenvalue weighted by Gasteiger charge is -2.41. The van der Waals surface area contributed by atoms with Crippen LogP contribution in [0.3, 0.4) is 0 Å². The zero-order valence-corrected chi connectivity index (χ0v) is 18.8. The summed E-state index contributed by atoms with van der Waals surface area (Å²) in [5.41, 5.74) is 1.58. The largest absolute Gasteiger partial charge is 0.342 e. The number of aromatic nitrogens is 5. The second kappa shape index (κ2) is 7.40. The van der Waals surface area contributed by atoms with Gasteiger partial charge in [0.25, 0.3) is 0 Å². The summed E-state index contributed by atoms with van der Waals surface area (Å²) in [7, 11) is -3.31. The molecule has 1 aromatic carbocycles. The predicted octanol–water partition coefficient (Wildman–Crippen LogP) is 3.65. The van der Waals surface area contributed by atoms with Crippen LogP contribution in [-0.2, 0) is 9.84 Å². The lowest BCUT2D eigenvalue weighted by molar-refractivity contribution is 0.468. The number of sulfone groups is 1. The maximum atomic E-state index is 12.0. The number of hydrogen-bond acceptors (Lipinski definition) is 7. The van der Waals surface area contributed by atoms with Crippen LogP contribution in [-0.4, -0.2) is 45.4 Å². The lowest BCUT2D eigenvalue weighted by Crippen LogP contribution is -2.42. The molecular weight excluding hydrogens is 412 g/mol. The predicted molar refractivity (Wildman–Crippen MR) is 118 cm³/mol. The molecule has 8 nitrogen and oxygen atoms in total. The Morgan fingerprint density at radius 2 is 1.94 bits per heavy atom. The molecule has 31 heavy (non-hydrogen) atoms. The number of rotatable bonds is 4. The topological polar surface area (TPSA) is 93.9 Å². The minimum absolute atomic E-state index is 0.0990. The highest BCUT2D eigenvalue weighted by atomic mass is 32.2. The van der Waals surface area contributed by atoms with Crippen molar-refractivity contribution in [3.05, 3.63) is 42.1 Å². The second-order valence-corrected chi connectivity index (χ2v) is 10.4. The molecule has 0 N–H and O–H groups in total. The average molecular weight is 439 g/mol. The minimum Gasteiger partial charge on any atom is -0.342 e. The van der Waals surface area contributed by atoms with Crippen LogP contribution < -0.4 is 4.90 Å². The molecule has 9 heteroatoms. The molecule has 0 spiro atoms. The number of nitrogens with zero attached hydrogens (tertiary/aromatic N) is 6. The van der Waals surface area contributed by atoms with Gasteiger partial charge in [-0.1, -0.05) is 31.9 Å². The van der Waals surface area contributed by atoms with Crippen LogP contribution in [0.25, 0.3) is 17.1 Å². The molecule has 1 aliphatic carbocycles. The van der Waals surface area contributed by atoms with Crippen LogP contribution in [0, 0.1) is 6.92 Å². The van der Waals surface area contributed by atoms with Crippen molar-refractivity contribution in [3.8, 4) is 17.1 Å². The Hall–Kier alpha value is -2.81. The van der Waals surface area contributed by atoms with Gasteiger partial charge in [0.05, 0.1) is 17.1 Å². The number of anilines is 1. The first-order valence-electron chi connectivity index (χ1n) is 10.8. The maximum absolute atomic E-state index is 12.0. The number of aryl methyl sites for hydroxylation is 1. The van der Waals surface area contributed by atoms with E-state index in [0.29, 0.717) is 17.4 Å². The summed E-state index contributed by atoms with van der Waals surface area (Å²) in [6.07, 6.45) is 8.62. The molecule has 5 rings (SSSR count). The fourth-order valence-corrected chi connectivity index (χ4v) is 5.54. The number of hydrogen-bond donors (Lipinski definition) is 0. The molecule has 162 valence electrons. The highest BCUT2D eigenvalue weighted by Gasteiger charge is 2.39. The Morgan fingerprint density at radius 1 is 1.16 bits per heavy atom. The fourth-order valence-electron chi connectivity index (χ4n) is 4.87. The van der Waals surface area contributed by atoms with Gasteiger partial charge < -0.3 is 4.90 Å². The third kappa shape index (κ3) is 3.31. The summed E-state index contributed by atoms with van der Waals surface area (Å²) < 4.78 is 26.1. The van der Waals surface area contributed by atoms with Gasteiger partial charge in [0.15, 0.2) is 27.3 Å². The third-order valence-corrected chi connectivity index (χ3v) is 7.45. The molecule has 1 atom stereocenters. The summed E-state index contributed by atoms with van der Waals surface area (Å²) in [5, 5.41) is 8.84. The molecule has 2 aromatic heterocycles.